The number of pyridine rings is 2. The molecule has 8 heteroatoms. The van der Waals surface area contributed by atoms with Gasteiger partial charge in [-0.05, 0) is 19.4 Å². The number of ether oxygens (including phenoxy) is 1. The molecule has 0 radical (unpaired) electrons. The molecular formula is C16H16FN5O2. The average molecular weight is 329 g/mol. The van der Waals surface area contributed by atoms with Crippen molar-refractivity contribution in [2.24, 2.45) is 5.92 Å². The van der Waals surface area contributed by atoms with Crippen molar-refractivity contribution in [1.82, 2.24) is 20.1 Å². The Morgan fingerprint density at radius 3 is 3.12 bits per heavy atom. The number of anilines is 1. The molecule has 2 atom stereocenters. The van der Waals surface area contributed by atoms with Crippen LogP contribution in [0.5, 0.6) is 0 Å². The van der Waals surface area contributed by atoms with Gasteiger partial charge in [-0.1, -0.05) is 5.16 Å². The molecule has 124 valence electrons. The summed E-state index contributed by atoms with van der Waals surface area (Å²) in [5.74, 6) is 0.909. The molecule has 3 aromatic rings. The van der Waals surface area contributed by atoms with Crippen molar-refractivity contribution >= 4 is 16.7 Å². The molecule has 0 saturated carbocycles. The lowest BCUT2D eigenvalue weighted by molar-refractivity contribution is 0.0650. The fourth-order valence-electron chi connectivity index (χ4n) is 2.93. The first kappa shape index (κ1) is 14.9. The van der Waals surface area contributed by atoms with Gasteiger partial charge >= 0.3 is 0 Å². The van der Waals surface area contributed by atoms with E-state index in [2.05, 4.69) is 25.4 Å². The zero-order chi connectivity index (χ0) is 16.5. The molecule has 0 unspecified atom stereocenters. The second kappa shape index (κ2) is 6.12. The van der Waals surface area contributed by atoms with Crippen molar-refractivity contribution in [3.63, 3.8) is 0 Å². The largest absolute Gasteiger partial charge is 0.383 e. The highest BCUT2D eigenvalue weighted by Crippen LogP contribution is 2.34. The Kier molecular flexibility index (Phi) is 3.81. The molecule has 4 rings (SSSR count). The van der Waals surface area contributed by atoms with Crippen molar-refractivity contribution < 1.29 is 13.7 Å². The van der Waals surface area contributed by atoms with Gasteiger partial charge in [0.2, 0.25) is 0 Å². The van der Waals surface area contributed by atoms with Crippen LogP contribution in [0, 0.1) is 18.7 Å². The van der Waals surface area contributed by atoms with E-state index >= 15 is 0 Å². The molecule has 4 heterocycles. The van der Waals surface area contributed by atoms with Crippen molar-refractivity contribution in [2.45, 2.75) is 19.4 Å². The van der Waals surface area contributed by atoms with E-state index in [9.17, 15) is 4.39 Å². The second-order valence-electron chi connectivity index (χ2n) is 5.78. The highest BCUT2D eigenvalue weighted by Gasteiger charge is 2.33. The maximum atomic E-state index is 13.3. The lowest BCUT2D eigenvalue weighted by atomic mass is 10.0. The van der Waals surface area contributed by atoms with Gasteiger partial charge in [-0.25, -0.2) is 9.37 Å². The lowest BCUT2D eigenvalue weighted by Crippen LogP contribution is -2.18. The van der Waals surface area contributed by atoms with Gasteiger partial charge in [0.25, 0.3) is 5.89 Å². The minimum Gasteiger partial charge on any atom is -0.383 e. The third-order valence-corrected chi connectivity index (χ3v) is 4.10. The first-order valence-electron chi connectivity index (χ1n) is 7.76. The number of nitrogens with one attached hydrogen (secondary N) is 1. The molecule has 0 amide bonds. The van der Waals surface area contributed by atoms with Crippen LogP contribution in [0.4, 0.5) is 10.1 Å². The third kappa shape index (κ3) is 2.80. The maximum absolute atomic E-state index is 13.3. The molecule has 1 aliphatic rings. The number of fused-ring (bicyclic) bond motifs is 1. The summed E-state index contributed by atoms with van der Waals surface area (Å²) in [5, 5.41) is 7.18. The van der Waals surface area contributed by atoms with E-state index in [0.29, 0.717) is 35.9 Å². The molecular weight excluding hydrogens is 313 g/mol. The van der Waals surface area contributed by atoms with Crippen LogP contribution in [0.15, 0.2) is 29.0 Å². The number of hydrogen-bond acceptors (Lipinski definition) is 7. The van der Waals surface area contributed by atoms with Crippen LogP contribution in [-0.2, 0) is 4.74 Å². The number of rotatable bonds is 4. The van der Waals surface area contributed by atoms with Crippen molar-refractivity contribution in [3.8, 4) is 0 Å². The summed E-state index contributed by atoms with van der Waals surface area (Å²) in [6.45, 7) is 3.09. The summed E-state index contributed by atoms with van der Waals surface area (Å²) in [6.07, 6.45) is 3.51. The molecule has 0 aromatic carbocycles. The SMILES string of the molecule is Cc1noc([C@H]2OCC[C@H]2CNc2ccnc3cc(F)cnc23)n1. The number of aryl methyl sites for hydroxylation is 1. The highest BCUT2D eigenvalue weighted by atomic mass is 19.1. The monoisotopic (exact) mass is 329 g/mol. The Labute approximate surface area is 137 Å². The average Bonchev–Trinajstić information content (AvgIpc) is 3.20. The van der Waals surface area contributed by atoms with Crippen LogP contribution in [0.25, 0.3) is 11.0 Å². The number of aromatic nitrogens is 4. The van der Waals surface area contributed by atoms with Crippen molar-refractivity contribution in [2.75, 3.05) is 18.5 Å². The molecule has 0 aliphatic carbocycles. The van der Waals surface area contributed by atoms with Crippen molar-refractivity contribution in [3.05, 3.63) is 42.1 Å². The fourth-order valence-corrected chi connectivity index (χ4v) is 2.93. The van der Waals surface area contributed by atoms with Crippen LogP contribution in [0.3, 0.4) is 0 Å². The Morgan fingerprint density at radius 1 is 1.38 bits per heavy atom. The van der Waals surface area contributed by atoms with Crippen LogP contribution in [-0.4, -0.2) is 33.3 Å². The smallest absolute Gasteiger partial charge is 0.256 e. The molecule has 1 aliphatic heterocycles. The standard InChI is InChI=1S/C16H16FN5O2/c1-9-21-16(24-22-9)15-10(3-5-23-15)7-19-12-2-4-18-13-6-11(17)8-20-14(12)13/h2,4,6,8,10,15H,3,5,7H2,1H3,(H,18,19)/t10-,15-/m0/s1. The number of nitrogens with zero attached hydrogens (tertiary/aromatic N) is 4. The third-order valence-electron chi connectivity index (χ3n) is 4.10. The van der Waals surface area contributed by atoms with E-state index in [-0.39, 0.29) is 12.0 Å². The van der Waals surface area contributed by atoms with Gasteiger partial charge in [0.05, 0.1) is 17.4 Å². The molecule has 1 fully saturated rings. The molecule has 1 saturated heterocycles. The van der Waals surface area contributed by atoms with Gasteiger partial charge in [0.1, 0.15) is 17.4 Å². The summed E-state index contributed by atoms with van der Waals surface area (Å²) >= 11 is 0. The van der Waals surface area contributed by atoms with Gasteiger partial charge in [-0.3, -0.25) is 4.98 Å². The normalized spacial score (nSPS) is 20.6. The van der Waals surface area contributed by atoms with Crippen molar-refractivity contribution in [1.29, 1.82) is 0 Å². The van der Waals surface area contributed by atoms with E-state index in [0.717, 1.165) is 12.1 Å². The highest BCUT2D eigenvalue weighted by molar-refractivity contribution is 5.86. The van der Waals surface area contributed by atoms with E-state index < -0.39 is 5.82 Å². The minimum absolute atomic E-state index is 0.202. The fraction of sp³-hybridized carbons (Fsp3) is 0.375. The maximum Gasteiger partial charge on any atom is 0.256 e. The summed E-state index contributed by atoms with van der Waals surface area (Å²) < 4.78 is 24.3. The molecule has 24 heavy (non-hydrogen) atoms. The van der Waals surface area contributed by atoms with Crippen LogP contribution in [0.1, 0.15) is 24.2 Å². The summed E-state index contributed by atoms with van der Waals surface area (Å²) in [4.78, 5) is 12.5. The summed E-state index contributed by atoms with van der Waals surface area (Å²) in [5.41, 5.74) is 1.97. The van der Waals surface area contributed by atoms with E-state index in [1.807, 2.05) is 6.07 Å². The molecule has 3 aromatic heterocycles. The summed E-state index contributed by atoms with van der Waals surface area (Å²) in [7, 11) is 0. The summed E-state index contributed by atoms with van der Waals surface area (Å²) in [6, 6.07) is 3.20. The first-order chi connectivity index (χ1) is 11.7. The van der Waals surface area contributed by atoms with E-state index in [1.165, 1.54) is 12.3 Å². The number of halogens is 1. The zero-order valence-electron chi connectivity index (χ0n) is 13.1. The zero-order valence-corrected chi connectivity index (χ0v) is 13.1. The number of hydrogen-bond donors (Lipinski definition) is 1. The Bertz CT molecular complexity index is 869. The quantitative estimate of drug-likeness (QED) is 0.787. The Hall–Kier alpha value is -2.61. The molecule has 0 bridgehead atoms. The van der Waals surface area contributed by atoms with Gasteiger partial charge < -0.3 is 14.6 Å². The van der Waals surface area contributed by atoms with E-state index in [1.54, 1.807) is 13.1 Å². The Balaban J connectivity index is 1.52. The topological polar surface area (TPSA) is 86.0 Å². The molecule has 0 spiro atoms. The van der Waals surface area contributed by atoms with Gasteiger partial charge in [-0.2, -0.15) is 4.98 Å². The second-order valence-corrected chi connectivity index (χ2v) is 5.78. The van der Waals surface area contributed by atoms with Crippen LogP contribution < -0.4 is 5.32 Å². The molecule has 7 nitrogen and oxygen atoms in total. The van der Waals surface area contributed by atoms with Gasteiger partial charge in [0, 0.05) is 31.3 Å². The minimum atomic E-state index is -0.400. The predicted octanol–water partition coefficient (Wildman–Crippen LogP) is 2.65. The van der Waals surface area contributed by atoms with Gasteiger partial charge in [-0.15, -0.1) is 0 Å². The van der Waals surface area contributed by atoms with Gasteiger partial charge in [0.15, 0.2) is 5.82 Å². The first-order valence-corrected chi connectivity index (χ1v) is 7.76. The predicted molar refractivity (Wildman–Crippen MR) is 83.8 cm³/mol. The lowest BCUT2D eigenvalue weighted by Gasteiger charge is -2.17. The van der Waals surface area contributed by atoms with Crippen LogP contribution in [0.2, 0.25) is 0 Å². The van der Waals surface area contributed by atoms with Crippen LogP contribution >= 0.6 is 0 Å². The molecule has 1 N–H and O–H groups in total. The van der Waals surface area contributed by atoms with E-state index in [4.69, 9.17) is 9.26 Å². The Morgan fingerprint density at radius 2 is 2.29 bits per heavy atom.